The predicted octanol–water partition coefficient (Wildman–Crippen LogP) is 4.82. The summed E-state index contributed by atoms with van der Waals surface area (Å²) in [5.74, 6) is 6.33. The molecule has 1 heterocycles. The topological polar surface area (TPSA) is 21.6 Å². The molecule has 0 fully saturated rings. The molecule has 0 aromatic heterocycles. The van der Waals surface area contributed by atoms with Crippen LogP contribution in [0.25, 0.3) is 0 Å². The molecule has 0 saturated heterocycles. The van der Waals surface area contributed by atoms with Gasteiger partial charge in [-0.1, -0.05) is 97.8 Å². The van der Waals surface area contributed by atoms with Crippen molar-refractivity contribution in [3.05, 3.63) is 107 Å². The van der Waals surface area contributed by atoms with Crippen LogP contribution in [-0.2, 0) is 21.8 Å². The van der Waals surface area contributed by atoms with Gasteiger partial charge in [0.05, 0.1) is 17.4 Å². The Balaban J connectivity index is 0.000000427. The van der Waals surface area contributed by atoms with Crippen LogP contribution in [0.4, 0.5) is 0 Å². The van der Waals surface area contributed by atoms with Crippen molar-refractivity contribution in [3.8, 4) is 11.8 Å². The second-order valence-corrected chi connectivity index (χ2v) is 9.50. The summed E-state index contributed by atoms with van der Waals surface area (Å²) < 4.78 is 5.92. The zero-order valence-electron chi connectivity index (χ0n) is 17.9. The van der Waals surface area contributed by atoms with Crippen molar-refractivity contribution >= 4 is 24.4 Å². The standard InChI is InChI=1S/C23H20NOP.C5H.Fe/c1-17(2)21-16-25-23(24-21)20-14-9-15-22(20)26(18-10-5-3-6-11-18)19-12-7-4-8-13-19;1-2-4-5-3-1;/h3-8,10-13,17,21H,16H2,1-2H3;1H;/q;;+2/t21-;;/m1../s1. The van der Waals surface area contributed by atoms with Gasteiger partial charge in [0.25, 0.3) is 0 Å². The molecule has 2 aliphatic carbocycles. The summed E-state index contributed by atoms with van der Waals surface area (Å²) in [5.41, 5.74) is 13.1. The Kier molecular flexibility index (Phi) is 8.57. The molecule has 1 atom stereocenters. The van der Waals surface area contributed by atoms with E-state index in [0.29, 0.717) is 18.4 Å². The third-order valence-corrected chi connectivity index (χ3v) is 7.28. The van der Waals surface area contributed by atoms with E-state index in [1.807, 2.05) is 12.1 Å². The normalized spacial score (nSPS) is 16.5. The number of benzene rings is 2. The minimum absolute atomic E-state index is 0. The van der Waals surface area contributed by atoms with Crippen LogP contribution < -0.4 is 10.6 Å². The molecule has 1 radical (unpaired) electrons. The van der Waals surface area contributed by atoms with Gasteiger partial charge in [0.2, 0.25) is 5.90 Å². The third kappa shape index (κ3) is 5.63. The fraction of sp³-hybridized carbons (Fsp3) is 0.179. The second kappa shape index (κ2) is 11.6. The van der Waals surface area contributed by atoms with Crippen LogP contribution in [-0.4, -0.2) is 18.5 Å². The first-order chi connectivity index (χ1) is 15.2. The van der Waals surface area contributed by atoms with Gasteiger partial charge in [-0.05, 0) is 35.9 Å². The van der Waals surface area contributed by atoms with Crippen LogP contribution in [0.5, 0.6) is 0 Å². The molecule has 0 bridgehead atoms. The van der Waals surface area contributed by atoms with Gasteiger partial charge >= 0.3 is 17.1 Å². The second-order valence-electron chi connectivity index (χ2n) is 7.34. The van der Waals surface area contributed by atoms with E-state index in [0.717, 1.165) is 10.9 Å². The number of hydrogen-bond donors (Lipinski definition) is 0. The van der Waals surface area contributed by atoms with E-state index in [-0.39, 0.29) is 23.1 Å². The largest absolute Gasteiger partial charge is 2.00 e. The average molecular weight is 474 g/mol. The molecule has 2 aromatic rings. The molecular weight excluding hydrogens is 453 g/mol. The minimum atomic E-state index is -0.754. The van der Waals surface area contributed by atoms with Gasteiger partial charge in [0.1, 0.15) is 12.2 Å². The maximum absolute atomic E-state index is 5.92. The number of rotatable bonds is 5. The molecule has 155 valence electrons. The summed E-state index contributed by atoms with van der Waals surface area (Å²) in [7, 11) is -0.754. The molecule has 0 N–H and O–H groups in total. The molecule has 0 unspecified atom stereocenters. The summed E-state index contributed by atoms with van der Waals surface area (Å²) in [6.07, 6.45) is 4.19. The first-order valence-electron chi connectivity index (χ1n) is 10.2. The third-order valence-electron chi connectivity index (χ3n) is 4.87. The number of ether oxygens (including phenoxy) is 1. The quantitative estimate of drug-likeness (QED) is 0.264. The zero-order chi connectivity index (χ0) is 21.5. The van der Waals surface area contributed by atoms with Crippen molar-refractivity contribution < 1.29 is 21.8 Å². The Morgan fingerprint density at radius 3 is 2.09 bits per heavy atom. The fourth-order valence-corrected chi connectivity index (χ4v) is 5.50. The molecular formula is C28H21FeNOP+2. The molecule has 0 spiro atoms. The van der Waals surface area contributed by atoms with E-state index in [9.17, 15) is 0 Å². The van der Waals surface area contributed by atoms with Gasteiger partial charge in [0.15, 0.2) is 0 Å². The van der Waals surface area contributed by atoms with E-state index in [1.165, 1.54) is 10.6 Å². The number of nitrogens with zero attached hydrogens (tertiary/aromatic N) is 1. The van der Waals surface area contributed by atoms with Crippen molar-refractivity contribution in [1.29, 1.82) is 0 Å². The van der Waals surface area contributed by atoms with Gasteiger partial charge in [0, 0.05) is 6.08 Å². The first-order valence-corrected chi connectivity index (χ1v) is 11.5. The molecule has 0 amide bonds. The Morgan fingerprint density at radius 2 is 1.62 bits per heavy atom. The monoisotopic (exact) mass is 474 g/mol. The maximum Gasteiger partial charge on any atom is 2.00 e. The van der Waals surface area contributed by atoms with E-state index in [1.54, 1.807) is 6.08 Å². The summed E-state index contributed by atoms with van der Waals surface area (Å²) >= 11 is 0. The molecule has 2 nitrogen and oxygen atoms in total. The van der Waals surface area contributed by atoms with Gasteiger partial charge in [-0.3, -0.25) is 0 Å². The van der Waals surface area contributed by atoms with Crippen LogP contribution in [0.3, 0.4) is 0 Å². The van der Waals surface area contributed by atoms with E-state index in [2.05, 4.69) is 103 Å². The Labute approximate surface area is 201 Å². The molecule has 3 aliphatic rings. The Morgan fingerprint density at radius 1 is 0.969 bits per heavy atom. The fourth-order valence-electron chi connectivity index (χ4n) is 3.21. The van der Waals surface area contributed by atoms with Crippen molar-refractivity contribution in [1.82, 2.24) is 0 Å². The first kappa shape index (κ1) is 23.7. The van der Waals surface area contributed by atoms with Crippen molar-refractivity contribution in [3.63, 3.8) is 0 Å². The molecule has 32 heavy (non-hydrogen) atoms. The van der Waals surface area contributed by atoms with Gasteiger partial charge in [-0.25, -0.2) is 4.99 Å². The molecule has 2 aromatic carbocycles. The summed E-state index contributed by atoms with van der Waals surface area (Å²) in [4.78, 5) is 4.79. The Bertz CT molecular complexity index is 1200. The van der Waals surface area contributed by atoms with Crippen molar-refractivity contribution in [2.45, 2.75) is 19.9 Å². The van der Waals surface area contributed by atoms with Gasteiger partial charge in [-0.2, -0.15) is 0 Å². The summed E-state index contributed by atoms with van der Waals surface area (Å²) in [6, 6.07) is 21.4. The molecule has 1 aliphatic heterocycles. The summed E-state index contributed by atoms with van der Waals surface area (Å²) in [6.45, 7) is 4.99. The summed E-state index contributed by atoms with van der Waals surface area (Å²) in [5, 5.41) is 3.64. The minimum Gasteiger partial charge on any atom is -0.475 e. The van der Waals surface area contributed by atoms with Crippen LogP contribution in [0.15, 0.2) is 106 Å². The van der Waals surface area contributed by atoms with Crippen LogP contribution in [0.1, 0.15) is 13.8 Å². The van der Waals surface area contributed by atoms with Crippen LogP contribution in [0.2, 0.25) is 0 Å². The molecule has 5 rings (SSSR count). The Hall–Kier alpha value is -2.98. The van der Waals surface area contributed by atoms with Crippen molar-refractivity contribution in [2.75, 3.05) is 6.61 Å². The maximum atomic E-state index is 5.92. The van der Waals surface area contributed by atoms with Crippen LogP contribution in [0, 0.1) is 23.8 Å². The number of allylic oxidation sites excluding steroid dienone is 1. The molecule has 4 heteroatoms. The van der Waals surface area contributed by atoms with E-state index in [4.69, 9.17) is 9.73 Å². The van der Waals surface area contributed by atoms with Gasteiger partial charge < -0.3 is 4.74 Å². The zero-order valence-corrected chi connectivity index (χ0v) is 19.9. The van der Waals surface area contributed by atoms with Gasteiger partial charge in [-0.15, -0.1) is 0 Å². The van der Waals surface area contributed by atoms with E-state index < -0.39 is 7.92 Å². The SMILES string of the molecule is CC(C)[C@H]1COC(C2=C=C=C=C2P(c2ccccc2)c2ccccc2)=N1.[C]1=C=CC#C1.[Fe+2]. The smallest absolute Gasteiger partial charge is 0.475 e. The average Bonchev–Trinajstić information content (AvgIpc) is 3.58. The van der Waals surface area contributed by atoms with E-state index >= 15 is 0 Å². The number of hydrogen-bond acceptors (Lipinski definition) is 2. The molecule has 0 saturated carbocycles. The van der Waals surface area contributed by atoms with Crippen molar-refractivity contribution in [2.24, 2.45) is 10.9 Å². The predicted molar refractivity (Wildman–Crippen MR) is 128 cm³/mol. The number of aliphatic imine (C=N–C) groups is 1. The van der Waals surface area contributed by atoms with Crippen LogP contribution >= 0.6 is 7.92 Å².